The molecule has 60 valence electrons. The predicted molar refractivity (Wildman–Crippen MR) is 37.5 cm³/mol. The Morgan fingerprint density at radius 3 is 2.73 bits per heavy atom. The number of hydrogen-bond donors (Lipinski definition) is 0. The van der Waals surface area contributed by atoms with Crippen LogP contribution in [0.25, 0.3) is 0 Å². The highest BCUT2D eigenvalue weighted by atomic mass is 35.5. The van der Waals surface area contributed by atoms with Crippen molar-refractivity contribution in [3.05, 3.63) is 15.5 Å². The maximum absolute atomic E-state index is 11.7. The van der Waals surface area contributed by atoms with Crippen LogP contribution in [0.3, 0.4) is 0 Å². The molecule has 6 heteroatoms. The van der Waals surface area contributed by atoms with Gasteiger partial charge in [0.25, 0.3) is 0 Å². The first kappa shape index (κ1) is 8.55. The van der Waals surface area contributed by atoms with E-state index in [9.17, 15) is 13.6 Å². The van der Waals surface area contributed by atoms with Crippen molar-refractivity contribution < 1.29 is 13.6 Å². The zero-order valence-corrected chi connectivity index (χ0v) is 6.62. The van der Waals surface area contributed by atoms with Crippen molar-refractivity contribution in [2.75, 3.05) is 0 Å². The molecule has 1 heterocycles. The Hall–Kier alpha value is -0.550. The maximum atomic E-state index is 11.7. The standard InChI is InChI=1S/C5H2ClF2NOS/c6-5-9-1-2(11-5)3(10)4(7)8/h1,4H. The summed E-state index contributed by atoms with van der Waals surface area (Å²) in [6, 6.07) is 0. The summed E-state index contributed by atoms with van der Waals surface area (Å²) >= 11 is 6.07. The van der Waals surface area contributed by atoms with Crippen molar-refractivity contribution in [3.63, 3.8) is 0 Å². The summed E-state index contributed by atoms with van der Waals surface area (Å²) < 4.78 is 23.5. The molecule has 0 radical (unpaired) electrons. The van der Waals surface area contributed by atoms with Crippen LogP contribution in [0.4, 0.5) is 8.78 Å². The number of carbonyl (C=O) groups is 1. The van der Waals surface area contributed by atoms with E-state index in [1.807, 2.05) is 0 Å². The maximum Gasteiger partial charge on any atom is 0.301 e. The summed E-state index contributed by atoms with van der Waals surface area (Å²) in [4.78, 5) is 13.9. The summed E-state index contributed by atoms with van der Waals surface area (Å²) in [6.07, 6.45) is -1.94. The Balaban J connectivity index is 2.85. The minimum atomic E-state index is -2.98. The molecule has 11 heavy (non-hydrogen) atoms. The van der Waals surface area contributed by atoms with Crippen molar-refractivity contribution in [3.8, 4) is 0 Å². The van der Waals surface area contributed by atoms with Crippen LogP contribution in [0.15, 0.2) is 6.20 Å². The van der Waals surface area contributed by atoms with E-state index < -0.39 is 12.2 Å². The van der Waals surface area contributed by atoms with E-state index in [0.29, 0.717) is 0 Å². The minimum Gasteiger partial charge on any atom is -0.287 e. The van der Waals surface area contributed by atoms with Crippen LogP contribution in [0.5, 0.6) is 0 Å². The van der Waals surface area contributed by atoms with E-state index in [0.717, 1.165) is 17.5 Å². The first-order valence-corrected chi connectivity index (χ1v) is 3.74. The number of carbonyl (C=O) groups excluding carboxylic acids is 1. The van der Waals surface area contributed by atoms with Gasteiger partial charge >= 0.3 is 6.43 Å². The first-order chi connectivity index (χ1) is 5.11. The average Bonchev–Trinajstić information content (AvgIpc) is 2.34. The Morgan fingerprint density at radius 1 is 1.73 bits per heavy atom. The van der Waals surface area contributed by atoms with Gasteiger partial charge in [-0.1, -0.05) is 22.9 Å². The van der Waals surface area contributed by atoms with E-state index in [1.54, 1.807) is 0 Å². The van der Waals surface area contributed by atoms with Gasteiger partial charge < -0.3 is 0 Å². The molecule has 0 saturated carbocycles. The number of nitrogens with zero attached hydrogens (tertiary/aromatic N) is 1. The molecule has 0 bridgehead atoms. The molecule has 0 fully saturated rings. The van der Waals surface area contributed by atoms with Gasteiger partial charge in [-0.2, -0.15) is 0 Å². The number of rotatable bonds is 2. The fraction of sp³-hybridized carbons (Fsp3) is 0.200. The van der Waals surface area contributed by atoms with Crippen LogP contribution in [0.2, 0.25) is 4.47 Å². The van der Waals surface area contributed by atoms with Gasteiger partial charge in [0.05, 0.1) is 11.1 Å². The van der Waals surface area contributed by atoms with Crippen molar-refractivity contribution in [1.82, 2.24) is 4.98 Å². The molecule has 0 unspecified atom stereocenters. The normalized spacial score (nSPS) is 10.5. The molecule has 0 atom stereocenters. The highest BCUT2D eigenvalue weighted by molar-refractivity contribution is 7.17. The molecule has 0 amide bonds. The molecule has 0 aliphatic rings. The lowest BCUT2D eigenvalue weighted by molar-refractivity contribution is 0.0683. The number of halogens is 3. The smallest absolute Gasteiger partial charge is 0.287 e. The summed E-state index contributed by atoms with van der Waals surface area (Å²) in [6.45, 7) is 0. The quantitative estimate of drug-likeness (QED) is 0.681. The van der Waals surface area contributed by atoms with Crippen molar-refractivity contribution >= 4 is 28.7 Å². The summed E-state index contributed by atoms with van der Waals surface area (Å²) in [7, 11) is 0. The van der Waals surface area contributed by atoms with Crippen LogP contribution in [0.1, 0.15) is 9.67 Å². The van der Waals surface area contributed by atoms with E-state index in [2.05, 4.69) is 4.98 Å². The molecule has 2 nitrogen and oxygen atoms in total. The van der Waals surface area contributed by atoms with E-state index in [4.69, 9.17) is 11.6 Å². The number of hydrogen-bond acceptors (Lipinski definition) is 3. The molecule has 0 aliphatic carbocycles. The van der Waals surface area contributed by atoms with Gasteiger partial charge in [0.1, 0.15) is 0 Å². The zero-order chi connectivity index (χ0) is 8.43. The Morgan fingerprint density at radius 2 is 2.36 bits per heavy atom. The second-order valence-electron chi connectivity index (χ2n) is 1.64. The van der Waals surface area contributed by atoms with Crippen LogP contribution >= 0.6 is 22.9 Å². The second-order valence-corrected chi connectivity index (χ2v) is 3.26. The van der Waals surface area contributed by atoms with Crippen LogP contribution in [-0.4, -0.2) is 17.2 Å². The minimum absolute atomic E-state index is 0.0917. The lowest BCUT2D eigenvalue weighted by Crippen LogP contribution is -2.07. The molecule has 1 rings (SSSR count). The van der Waals surface area contributed by atoms with Crippen molar-refractivity contribution in [2.24, 2.45) is 0 Å². The number of ketones is 1. The lowest BCUT2D eigenvalue weighted by atomic mass is 10.4. The average molecular weight is 198 g/mol. The summed E-state index contributed by atoms with van der Waals surface area (Å²) in [5, 5.41) is 0. The molecule has 0 saturated heterocycles. The fourth-order valence-electron chi connectivity index (χ4n) is 0.474. The highest BCUT2D eigenvalue weighted by Crippen LogP contribution is 2.19. The molecule has 0 spiro atoms. The lowest BCUT2D eigenvalue weighted by Gasteiger charge is -1.90. The predicted octanol–water partition coefficient (Wildman–Crippen LogP) is 2.24. The van der Waals surface area contributed by atoms with Crippen molar-refractivity contribution in [2.45, 2.75) is 6.43 Å². The molecule has 1 aromatic heterocycles. The number of Topliss-reactive ketones (excluding diaryl/α,β-unsaturated/α-hetero) is 1. The molecular weight excluding hydrogens is 196 g/mol. The molecule has 0 aliphatic heterocycles. The van der Waals surface area contributed by atoms with E-state index >= 15 is 0 Å². The Bertz CT molecular complexity index is 275. The molecule has 0 aromatic carbocycles. The van der Waals surface area contributed by atoms with Crippen molar-refractivity contribution in [1.29, 1.82) is 0 Å². The third-order valence-corrected chi connectivity index (χ3v) is 2.05. The number of alkyl halides is 2. The number of thiazole rings is 1. The van der Waals surface area contributed by atoms with E-state index in [-0.39, 0.29) is 9.34 Å². The van der Waals surface area contributed by atoms with Gasteiger partial charge in [0, 0.05) is 0 Å². The number of aromatic nitrogens is 1. The fourth-order valence-corrected chi connectivity index (χ4v) is 1.35. The largest absolute Gasteiger partial charge is 0.301 e. The van der Waals surface area contributed by atoms with Gasteiger partial charge in [0.15, 0.2) is 4.47 Å². The van der Waals surface area contributed by atoms with Gasteiger partial charge in [-0.3, -0.25) is 4.79 Å². The zero-order valence-electron chi connectivity index (χ0n) is 5.05. The Labute approximate surface area is 69.8 Å². The third-order valence-electron chi connectivity index (χ3n) is 0.919. The molecular formula is C5H2ClF2NOS. The topological polar surface area (TPSA) is 30.0 Å². The summed E-state index contributed by atoms with van der Waals surface area (Å²) in [5.74, 6) is -1.23. The first-order valence-electron chi connectivity index (χ1n) is 2.55. The van der Waals surface area contributed by atoms with Gasteiger partial charge in [-0.25, -0.2) is 13.8 Å². The van der Waals surface area contributed by atoms with Crippen LogP contribution in [-0.2, 0) is 0 Å². The SMILES string of the molecule is O=C(c1cnc(Cl)s1)C(F)F. The van der Waals surface area contributed by atoms with Gasteiger partial charge in [0.2, 0.25) is 5.78 Å². The van der Waals surface area contributed by atoms with Crippen LogP contribution in [0, 0.1) is 0 Å². The monoisotopic (exact) mass is 197 g/mol. The van der Waals surface area contributed by atoms with Gasteiger partial charge in [-0.05, 0) is 0 Å². The van der Waals surface area contributed by atoms with Gasteiger partial charge in [-0.15, -0.1) is 0 Å². The second kappa shape index (κ2) is 3.23. The van der Waals surface area contributed by atoms with Crippen LogP contribution < -0.4 is 0 Å². The summed E-state index contributed by atoms with van der Waals surface area (Å²) in [5.41, 5.74) is 0. The van der Waals surface area contributed by atoms with E-state index in [1.165, 1.54) is 0 Å². The Kier molecular flexibility index (Phi) is 2.51. The third kappa shape index (κ3) is 1.94. The highest BCUT2D eigenvalue weighted by Gasteiger charge is 2.19. The molecule has 1 aromatic rings. The molecule has 0 N–H and O–H groups in total.